The highest BCUT2D eigenvalue weighted by Gasteiger charge is 2.36. The summed E-state index contributed by atoms with van der Waals surface area (Å²) in [5.41, 5.74) is 0.323. The molecule has 0 atom stereocenters. The molecule has 2 aromatic carbocycles. The van der Waals surface area contributed by atoms with Gasteiger partial charge in [-0.15, -0.1) is 0 Å². The van der Waals surface area contributed by atoms with Crippen LogP contribution in [0.2, 0.25) is 0 Å². The minimum Gasteiger partial charge on any atom is -0.495 e. The van der Waals surface area contributed by atoms with Gasteiger partial charge in [0.2, 0.25) is 11.8 Å². The van der Waals surface area contributed by atoms with E-state index in [0.29, 0.717) is 46.8 Å². The molecule has 4 N–H and O–H groups in total. The van der Waals surface area contributed by atoms with Gasteiger partial charge in [-0.05, 0) is 81.7 Å². The van der Waals surface area contributed by atoms with Crippen molar-refractivity contribution in [2.24, 2.45) is 7.05 Å². The Labute approximate surface area is 277 Å². The highest BCUT2D eigenvalue weighted by atomic mass is 31.2. The Kier molecular flexibility index (Phi) is 10.3. The molecule has 0 radical (unpaired) electrons. The molecule has 15 heteroatoms. The van der Waals surface area contributed by atoms with E-state index >= 15 is 0 Å². The van der Waals surface area contributed by atoms with Crippen LogP contribution in [-0.4, -0.2) is 50.7 Å². The van der Waals surface area contributed by atoms with E-state index in [2.05, 4.69) is 20.6 Å². The molecule has 0 saturated heterocycles. The van der Waals surface area contributed by atoms with Crippen molar-refractivity contribution < 1.29 is 41.7 Å². The number of anilines is 4. The molecule has 11 nitrogen and oxygen atoms in total. The maximum Gasteiger partial charge on any atom is 0.421 e. The number of alkyl halides is 3. The van der Waals surface area contributed by atoms with Crippen LogP contribution in [0.15, 0.2) is 42.7 Å². The summed E-state index contributed by atoms with van der Waals surface area (Å²) in [7, 11) is -0.313. The van der Waals surface area contributed by atoms with Gasteiger partial charge in [0.05, 0.1) is 48.8 Å². The molecular weight excluding hydrogens is 650 g/mol. The molecule has 48 heavy (non-hydrogen) atoms. The quantitative estimate of drug-likeness (QED) is 0.107. The number of nitrogens with one attached hydrogen (secondary N) is 2. The van der Waals surface area contributed by atoms with Gasteiger partial charge in [-0.2, -0.15) is 18.2 Å². The standard InChI is InChI=1S/C33H41F3N5O6P/c1-6-46-48(44,47-7-2)19-20-8-10-25(27(16-20)45-5)39-31-37-17-24(33(34,35)36)29(40-31)38-26-11-9-22(21-12-14-32(3,43)15-13-21)23-18-41(4)30(42)28(23)26/h8-11,16-18,21,42-43H,6-7,12-15,19H2,1-5H3,(H2,37,38,39,40). The smallest absolute Gasteiger partial charge is 0.421 e. The van der Waals surface area contributed by atoms with Crippen molar-refractivity contribution >= 4 is 41.5 Å². The number of ether oxygens (including phenoxy) is 1. The van der Waals surface area contributed by atoms with Crippen LogP contribution in [-0.2, 0) is 33.0 Å². The monoisotopic (exact) mass is 691 g/mol. The van der Waals surface area contributed by atoms with Crippen molar-refractivity contribution in [1.82, 2.24) is 14.5 Å². The molecule has 2 heterocycles. The van der Waals surface area contributed by atoms with Crippen molar-refractivity contribution in [3.8, 4) is 11.6 Å². The third kappa shape index (κ3) is 7.72. The number of nitrogens with zero attached hydrogens (tertiary/aromatic N) is 3. The van der Waals surface area contributed by atoms with Crippen LogP contribution in [0.4, 0.5) is 36.3 Å². The molecule has 260 valence electrons. The molecule has 1 aliphatic rings. The Morgan fingerprint density at radius 2 is 1.75 bits per heavy atom. The van der Waals surface area contributed by atoms with Gasteiger partial charge in [0.25, 0.3) is 0 Å². The SMILES string of the molecule is CCOP(=O)(Cc1ccc(Nc2ncc(C(F)(F)F)c(Nc3ccc(C4CCC(C)(O)CC4)c4cn(C)c(O)c34)n2)c(OC)c1)OCC. The maximum absolute atomic E-state index is 14.2. The summed E-state index contributed by atoms with van der Waals surface area (Å²) in [5.74, 6) is -0.348. The number of fused-ring (bicyclic) bond motifs is 1. The first kappa shape index (κ1) is 35.5. The molecule has 2 aromatic heterocycles. The minimum atomic E-state index is -4.79. The van der Waals surface area contributed by atoms with E-state index in [1.807, 2.05) is 13.0 Å². The summed E-state index contributed by atoms with van der Waals surface area (Å²) in [6, 6.07) is 8.40. The lowest BCUT2D eigenvalue weighted by Gasteiger charge is -2.33. The fraction of sp³-hybridized carbons (Fsp3) is 0.455. The zero-order valence-electron chi connectivity index (χ0n) is 27.5. The summed E-state index contributed by atoms with van der Waals surface area (Å²) in [5, 5.41) is 28.3. The Hall–Kier alpha value is -3.84. The number of methoxy groups -OCH3 is 1. The van der Waals surface area contributed by atoms with E-state index in [1.165, 1.54) is 11.7 Å². The first-order valence-electron chi connectivity index (χ1n) is 15.7. The van der Waals surface area contributed by atoms with Crippen LogP contribution in [0.5, 0.6) is 11.6 Å². The fourth-order valence-corrected chi connectivity index (χ4v) is 7.82. The normalized spacial score (nSPS) is 18.6. The average Bonchev–Trinajstić information content (AvgIpc) is 3.32. The van der Waals surface area contributed by atoms with Gasteiger partial charge in [-0.3, -0.25) is 4.57 Å². The first-order valence-corrected chi connectivity index (χ1v) is 17.5. The summed E-state index contributed by atoms with van der Waals surface area (Å²) in [6.07, 6.45) is 0.385. The lowest BCUT2D eigenvalue weighted by molar-refractivity contribution is -0.137. The predicted octanol–water partition coefficient (Wildman–Crippen LogP) is 8.36. The third-order valence-electron chi connectivity index (χ3n) is 8.55. The number of rotatable bonds is 12. The van der Waals surface area contributed by atoms with Crippen molar-refractivity contribution in [3.05, 3.63) is 59.4 Å². The number of hydrogen-bond donors (Lipinski definition) is 4. The number of aromatic nitrogens is 3. The van der Waals surface area contributed by atoms with Crippen LogP contribution in [0.3, 0.4) is 0 Å². The van der Waals surface area contributed by atoms with E-state index in [9.17, 15) is 27.9 Å². The van der Waals surface area contributed by atoms with Gasteiger partial charge in [0, 0.05) is 24.8 Å². The lowest BCUT2D eigenvalue weighted by atomic mass is 9.76. The average molecular weight is 692 g/mol. The van der Waals surface area contributed by atoms with Crippen molar-refractivity contribution in [2.45, 2.75) is 70.3 Å². The molecule has 0 amide bonds. The van der Waals surface area contributed by atoms with Crippen LogP contribution < -0.4 is 15.4 Å². The molecule has 1 aliphatic carbocycles. The molecule has 0 spiro atoms. The van der Waals surface area contributed by atoms with Crippen molar-refractivity contribution in [2.75, 3.05) is 31.0 Å². The molecule has 0 unspecified atom stereocenters. The summed E-state index contributed by atoms with van der Waals surface area (Å²) < 4.78 is 73.5. The van der Waals surface area contributed by atoms with Crippen molar-refractivity contribution in [1.29, 1.82) is 0 Å². The van der Waals surface area contributed by atoms with Gasteiger partial charge in [-0.1, -0.05) is 12.1 Å². The van der Waals surface area contributed by atoms with Crippen LogP contribution in [0.1, 0.15) is 69.1 Å². The number of aryl methyl sites for hydroxylation is 1. The number of benzene rings is 2. The van der Waals surface area contributed by atoms with E-state index < -0.39 is 30.8 Å². The molecule has 0 bridgehead atoms. The second-order valence-corrected chi connectivity index (χ2v) is 14.2. The van der Waals surface area contributed by atoms with E-state index in [-0.39, 0.29) is 42.8 Å². The summed E-state index contributed by atoms with van der Waals surface area (Å²) >= 11 is 0. The highest BCUT2D eigenvalue weighted by molar-refractivity contribution is 7.53. The number of hydrogen-bond acceptors (Lipinski definition) is 10. The van der Waals surface area contributed by atoms with E-state index in [4.69, 9.17) is 13.8 Å². The molecule has 0 aliphatic heterocycles. The molecule has 4 aromatic rings. The molecule has 5 rings (SSSR count). The fourth-order valence-electron chi connectivity index (χ4n) is 6.13. The lowest BCUT2D eigenvalue weighted by Crippen LogP contribution is -2.29. The van der Waals surface area contributed by atoms with Gasteiger partial charge < -0.3 is 39.2 Å². The van der Waals surface area contributed by atoms with Crippen molar-refractivity contribution in [3.63, 3.8) is 0 Å². The minimum absolute atomic E-state index is 0.00266. The van der Waals surface area contributed by atoms with Crippen LogP contribution >= 0.6 is 7.60 Å². The van der Waals surface area contributed by atoms with Gasteiger partial charge in [0.1, 0.15) is 17.1 Å². The van der Waals surface area contributed by atoms with Crippen LogP contribution in [0, 0.1) is 0 Å². The predicted molar refractivity (Wildman–Crippen MR) is 178 cm³/mol. The topological polar surface area (TPSA) is 140 Å². The molecule has 1 saturated carbocycles. The maximum atomic E-state index is 14.2. The van der Waals surface area contributed by atoms with Gasteiger partial charge in [0.15, 0.2) is 0 Å². The number of aromatic hydroxyl groups is 1. The Morgan fingerprint density at radius 1 is 1.08 bits per heavy atom. The summed E-state index contributed by atoms with van der Waals surface area (Å²) in [4.78, 5) is 8.12. The zero-order valence-corrected chi connectivity index (χ0v) is 28.4. The second kappa shape index (κ2) is 13.9. The first-order chi connectivity index (χ1) is 22.7. The van der Waals surface area contributed by atoms with Crippen LogP contribution in [0.25, 0.3) is 10.8 Å². The van der Waals surface area contributed by atoms with E-state index in [0.717, 1.165) is 18.4 Å². The largest absolute Gasteiger partial charge is 0.495 e. The highest BCUT2D eigenvalue weighted by Crippen LogP contribution is 2.52. The Bertz CT molecular complexity index is 1810. The Balaban J connectivity index is 1.48. The second-order valence-electron chi connectivity index (χ2n) is 12.2. The third-order valence-corrected chi connectivity index (χ3v) is 10.6. The zero-order chi connectivity index (χ0) is 34.9. The molecule has 1 fully saturated rings. The summed E-state index contributed by atoms with van der Waals surface area (Å²) in [6.45, 7) is 5.67. The Morgan fingerprint density at radius 3 is 2.38 bits per heavy atom. The molecular formula is C33H41F3N5O6P. The van der Waals surface area contributed by atoms with Gasteiger partial charge in [-0.25, -0.2) is 4.98 Å². The van der Waals surface area contributed by atoms with Gasteiger partial charge >= 0.3 is 13.8 Å². The van der Waals surface area contributed by atoms with E-state index in [1.54, 1.807) is 51.4 Å². The number of aliphatic hydroxyl groups is 1. The number of halogens is 3.